The number of nitrogens with zero attached hydrogens (tertiary/aromatic N) is 2. The van der Waals surface area contributed by atoms with Gasteiger partial charge in [0.1, 0.15) is 0 Å². The summed E-state index contributed by atoms with van der Waals surface area (Å²) in [5, 5.41) is 5.29. The molecule has 6 nitrogen and oxygen atoms in total. The first-order valence-electron chi connectivity index (χ1n) is 8.00. The van der Waals surface area contributed by atoms with E-state index < -0.39 is 10.0 Å². The van der Waals surface area contributed by atoms with Crippen molar-refractivity contribution in [3.8, 4) is 0 Å². The number of thiazole rings is 1. The molecular weight excluding hydrogens is 358 g/mol. The molecule has 0 bridgehead atoms. The van der Waals surface area contributed by atoms with Crippen LogP contribution in [0.3, 0.4) is 0 Å². The van der Waals surface area contributed by atoms with Gasteiger partial charge in [-0.15, -0.1) is 11.3 Å². The van der Waals surface area contributed by atoms with Crippen molar-refractivity contribution in [2.24, 2.45) is 0 Å². The van der Waals surface area contributed by atoms with E-state index in [1.807, 2.05) is 5.38 Å². The predicted molar refractivity (Wildman–Crippen MR) is 98.8 cm³/mol. The van der Waals surface area contributed by atoms with Crippen LogP contribution in [0.25, 0.3) is 0 Å². The lowest BCUT2D eigenvalue weighted by atomic mass is 10.1. The van der Waals surface area contributed by atoms with E-state index in [4.69, 9.17) is 0 Å². The van der Waals surface area contributed by atoms with Crippen LogP contribution in [0.15, 0.2) is 22.4 Å². The van der Waals surface area contributed by atoms with Crippen LogP contribution < -0.4 is 5.32 Å². The lowest BCUT2D eigenvalue weighted by Crippen LogP contribution is -2.24. The van der Waals surface area contributed by atoms with E-state index >= 15 is 0 Å². The number of sulfonamides is 1. The molecule has 1 saturated carbocycles. The molecule has 1 aliphatic carbocycles. The molecule has 134 valence electrons. The van der Waals surface area contributed by atoms with Crippen molar-refractivity contribution < 1.29 is 13.2 Å². The summed E-state index contributed by atoms with van der Waals surface area (Å²) in [6.07, 6.45) is 2.31. The van der Waals surface area contributed by atoms with Crippen LogP contribution in [0.5, 0.6) is 0 Å². The molecule has 0 saturated heterocycles. The van der Waals surface area contributed by atoms with Crippen LogP contribution in [-0.2, 0) is 10.0 Å². The number of nitrogens with one attached hydrogen (secondary N) is 1. The predicted octanol–water partition coefficient (Wildman–Crippen LogP) is 3.14. The summed E-state index contributed by atoms with van der Waals surface area (Å²) in [6.45, 7) is 3.55. The van der Waals surface area contributed by atoms with Crippen molar-refractivity contribution in [1.82, 2.24) is 9.29 Å². The van der Waals surface area contributed by atoms with Gasteiger partial charge in [-0.05, 0) is 49.9 Å². The van der Waals surface area contributed by atoms with E-state index in [0.717, 1.165) is 28.4 Å². The third kappa shape index (κ3) is 3.61. The minimum Gasteiger partial charge on any atom is -0.298 e. The molecular formula is C17H21N3O3S2. The first-order valence-corrected chi connectivity index (χ1v) is 10.3. The monoisotopic (exact) mass is 379 g/mol. The van der Waals surface area contributed by atoms with Gasteiger partial charge in [-0.3, -0.25) is 10.1 Å². The maximum atomic E-state index is 12.6. The zero-order chi connectivity index (χ0) is 18.4. The highest BCUT2D eigenvalue weighted by Gasteiger charge is 2.27. The second-order valence-corrected chi connectivity index (χ2v) is 9.49. The van der Waals surface area contributed by atoms with Crippen LogP contribution in [-0.4, -0.2) is 37.7 Å². The van der Waals surface area contributed by atoms with Gasteiger partial charge >= 0.3 is 0 Å². The third-order valence-electron chi connectivity index (χ3n) is 4.38. The number of rotatable bonds is 5. The Kier molecular flexibility index (Phi) is 4.70. The van der Waals surface area contributed by atoms with Crippen LogP contribution in [0.2, 0.25) is 0 Å². The van der Waals surface area contributed by atoms with Crippen molar-refractivity contribution in [2.75, 3.05) is 19.4 Å². The highest BCUT2D eigenvalue weighted by atomic mass is 32.2. The van der Waals surface area contributed by atoms with Crippen LogP contribution >= 0.6 is 11.3 Å². The lowest BCUT2D eigenvalue weighted by molar-refractivity contribution is 0.102. The standard InChI is InChI=1S/C17H21N3O3S2/c1-10-7-13(8-15(11(10)2)25(22,23)20(3)4)16(21)19-17-18-14(9-24-17)12-5-6-12/h7-9,12H,5-6H2,1-4H3,(H,18,19,21). The molecule has 2 aromatic rings. The zero-order valence-corrected chi connectivity index (χ0v) is 16.3. The number of aryl methyl sites for hydroxylation is 1. The average molecular weight is 380 g/mol. The Morgan fingerprint density at radius 3 is 2.56 bits per heavy atom. The van der Waals surface area contributed by atoms with E-state index in [2.05, 4.69) is 10.3 Å². The number of benzene rings is 1. The van der Waals surface area contributed by atoms with Crippen molar-refractivity contribution >= 4 is 32.4 Å². The molecule has 0 unspecified atom stereocenters. The summed E-state index contributed by atoms with van der Waals surface area (Å²) in [6, 6.07) is 3.14. The van der Waals surface area contributed by atoms with Gasteiger partial charge in [0.15, 0.2) is 5.13 Å². The van der Waals surface area contributed by atoms with Crippen molar-refractivity contribution in [2.45, 2.75) is 37.5 Å². The fourth-order valence-electron chi connectivity index (χ4n) is 2.50. The van der Waals surface area contributed by atoms with E-state index in [0.29, 0.717) is 22.2 Å². The Labute approximate surface area is 151 Å². The van der Waals surface area contributed by atoms with E-state index in [1.165, 1.54) is 31.5 Å². The second-order valence-electron chi connectivity index (χ2n) is 6.51. The number of carbonyl (C=O) groups excluding carboxylic acids is 1. The normalized spacial score (nSPS) is 14.8. The first kappa shape index (κ1) is 18.0. The van der Waals surface area contributed by atoms with Gasteiger partial charge < -0.3 is 0 Å². The zero-order valence-electron chi connectivity index (χ0n) is 14.7. The number of amides is 1. The smallest absolute Gasteiger partial charge is 0.257 e. The molecule has 1 aromatic heterocycles. The van der Waals surface area contributed by atoms with Gasteiger partial charge in [0.25, 0.3) is 5.91 Å². The second kappa shape index (κ2) is 6.51. The first-order chi connectivity index (χ1) is 11.7. The molecule has 1 heterocycles. The Morgan fingerprint density at radius 1 is 1.28 bits per heavy atom. The number of anilines is 1. The SMILES string of the molecule is Cc1cc(C(=O)Nc2nc(C3CC3)cs2)cc(S(=O)(=O)N(C)C)c1C. The number of carbonyl (C=O) groups is 1. The molecule has 1 amide bonds. The van der Waals surface area contributed by atoms with E-state index in [9.17, 15) is 13.2 Å². The molecule has 0 spiro atoms. The Bertz CT molecular complexity index is 929. The van der Waals surface area contributed by atoms with Crippen molar-refractivity contribution in [3.05, 3.63) is 39.9 Å². The minimum absolute atomic E-state index is 0.153. The molecule has 3 rings (SSSR count). The van der Waals surface area contributed by atoms with Crippen molar-refractivity contribution in [3.63, 3.8) is 0 Å². The fourth-order valence-corrected chi connectivity index (χ4v) is 4.51. The number of hydrogen-bond donors (Lipinski definition) is 1. The average Bonchev–Trinajstić information content (AvgIpc) is 3.29. The molecule has 1 N–H and O–H groups in total. The van der Waals surface area contributed by atoms with E-state index in [-0.39, 0.29) is 10.8 Å². The Morgan fingerprint density at radius 2 is 1.96 bits per heavy atom. The highest BCUT2D eigenvalue weighted by molar-refractivity contribution is 7.89. The topological polar surface area (TPSA) is 79.4 Å². The van der Waals surface area contributed by atoms with Crippen LogP contribution in [0.4, 0.5) is 5.13 Å². The van der Waals surface area contributed by atoms with Gasteiger partial charge in [-0.1, -0.05) is 0 Å². The molecule has 0 radical (unpaired) electrons. The van der Waals surface area contributed by atoms with Crippen molar-refractivity contribution in [1.29, 1.82) is 0 Å². The largest absolute Gasteiger partial charge is 0.298 e. The summed E-state index contributed by atoms with van der Waals surface area (Å²) in [7, 11) is -0.661. The van der Waals surface area contributed by atoms with Gasteiger partial charge in [0.05, 0.1) is 10.6 Å². The van der Waals surface area contributed by atoms with Crippen LogP contribution in [0, 0.1) is 13.8 Å². The maximum absolute atomic E-state index is 12.6. The van der Waals surface area contributed by atoms with Gasteiger partial charge in [-0.25, -0.2) is 17.7 Å². The molecule has 25 heavy (non-hydrogen) atoms. The highest BCUT2D eigenvalue weighted by Crippen LogP contribution is 2.40. The lowest BCUT2D eigenvalue weighted by Gasteiger charge is -2.16. The summed E-state index contributed by atoms with van der Waals surface area (Å²) in [4.78, 5) is 17.2. The summed E-state index contributed by atoms with van der Waals surface area (Å²) >= 11 is 1.39. The quantitative estimate of drug-likeness (QED) is 0.865. The van der Waals surface area contributed by atoms with Gasteiger partial charge in [-0.2, -0.15) is 0 Å². The fraction of sp³-hybridized carbons (Fsp3) is 0.412. The summed E-state index contributed by atoms with van der Waals surface area (Å²) in [5.74, 6) is 0.176. The molecule has 1 fully saturated rings. The Balaban J connectivity index is 1.90. The number of hydrogen-bond acceptors (Lipinski definition) is 5. The van der Waals surface area contributed by atoms with Crippen LogP contribution in [0.1, 0.15) is 45.9 Å². The van der Waals surface area contributed by atoms with Gasteiger partial charge in [0.2, 0.25) is 10.0 Å². The summed E-state index contributed by atoms with van der Waals surface area (Å²) < 4.78 is 26.2. The maximum Gasteiger partial charge on any atom is 0.257 e. The van der Waals surface area contributed by atoms with E-state index in [1.54, 1.807) is 19.9 Å². The minimum atomic E-state index is -3.62. The third-order valence-corrected chi connectivity index (χ3v) is 7.10. The van der Waals surface area contributed by atoms with Gasteiger partial charge in [0, 0.05) is 31.0 Å². The molecule has 0 aliphatic heterocycles. The molecule has 0 atom stereocenters. The molecule has 1 aromatic carbocycles. The number of aromatic nitrogens is 1. The molecule has 1 aliphatic rings. The molecule has 8 heteroatoms. The Hall–Kier alpha value is -1.77. The summed E-state index contributed by atoms with van der Waals surface area (Å²) in [5.41, 5.74) is 2.74.